The number of carbonyl (C=O) groups excluding carboxylic acids is 2. The van der Waals surface area contributed by atoms with Crippen molar-refractivity contribution in [1.82, 2.24) is 15.5 Å². The first kappa shape index (κ1) is 22.7. The fourth-order valence-electron chi connectivity index (χ4n) is 5.33. The van der Waals surface area contributed by atoms with Gasteiger partial charge in [-0.1, -0.05) is 61.0 Å². The van der Waals surface area contributed by atoms with Gasteiger partial charge in [-0.3, -0.25) is 4.79 Å². The van der Waals surface area contributed by atoms with Crippen LogP contribution in [-0.2, 0) is 17.9 Å². The molecule has 0 heterocycles. The lowest BCUT2D eigenvalue weighted by Crippen LogP contribution is -2.59. The first-order valence-corrected chi connectivity index (χ1v) is 11.8. The zero-order valence-electron chi connectivity index (χ0n) is 18.8. The molecular weight excluding hydrogens is 422 g/mol. The van der Waals surface area contributed by atoms with E-state index in [1.807, 2.05) is 54.4 Å². The highest BCUT2D eigenvalue weighted by atomic mass is 35.5. The number of nitrogens with zero attached hydrogens (tertiary/aromatic N) is 1. The molecule has 170 valence electrons. The minimum absolute atomic E-state index is 0.0454. The molecular formula is C26H32ClN3O2. The average molecular weight is 454 g/mol. The SMILES string of the molecule is CC(C(=O)N(C)Cc1ccccc1)C1CC2(CC(NC(=O)NCc3ccc(Cl)cc3)C2)C1. The quantitative estimate of drug-likeness (QED) is 0.620. The van der Waals surface area contributed by atoms with Crippen LogP contribution < -0.4 is 10.6 Å². The summed E-state index contributed by atoms with van der Waals surface area (Å²) >= 11 is 5.89. The van der Waals surface area contributed by atoms with Gasteiger partial charge in [0.1, 0.15) is 0 Å². The predicted molar refractivity (Wildman–Crippen MR) is 127 cm³/mol. The van der Waals surface area contributed by atoms with Crippen molar-refractivity contribution >= 4 is 23.5 Å². The Kier molecular flexibility index (Phi) is 6.75. The summed E-state index contributed by atoms with van der Waals surface area (Å²) in [4.78, 5) is 26.9. The fraction of sp³-hybridized carbons (Fsp3) is 0.462. The van der Waals surface area contributed by atoms with Crippen molar-refractivity contribution in [1.29, 1.82) is 0 Å². The lowest BCUT2D eigenvalue weighted by molar-refractivity contribution is -0.142. The minimum atomic E-state index is -0.123. The van der Waals surface area contributed by atoms with Gasteiger partial charge >= 0.3 is 6.03 Å². The minimum Gasteiger partial charge on any atom is -0.341 e. The Hall–Kier alpha value is -2.53. The Morgan fingerprint density at radius 3 is 2.34 bits per heavy atom. The number of rotatable bonds is 7. The number of carbonyl (C=O) groups is 2. The molecule has 1 unspecified atom stereocenters. The molecule has 1 spiro atoms. The van der Waals surface area contributed by atoms with Crippen molar-refractivity contribution in [3.8, 4) is 0 Å². The van der Waals surface area contributed by atoms with Crippen molar-refractivity contribution in [2.75, 3.05) is 7.05 Å². The smallest absolute Gasteiger partial charge is 0.315 e. The van der Waals surface area contributed by atoms with Gasteiger partial charge in [-0.2, -0.15) is 0 Å². The van der Waals surface area contributed by atoms with Crippen LogP contribution in [0.5, 0.6) is 0 Å². The van der Waals surface area contributed by atoms with Crippen LogP contribution in [0.15, 0.2) is 54.6 Å². The molecule has 0 radical (unpaired) electrons. The van der Waals surface area contributed by atoms with E-state index in [4.69, 9.17) is 11.6 Å². The molecule has 0 aliphatic heterocycles. The predicted octanol–water partition coefficient (Wildman–Crippen LogP) is 4.99. The molecule has 1 atom stereocenters. The lowest BCUT2D eigenvalue weighted by Gasteiger charge is -2.59. The maximum absolute atomic E-state index is 12.9. The summed E-state index contributed by atoms with van der Waals surface area (Å²) in [6.07, 6.45) is 4.20. The van der Waals surface area contributed by atoms with Gasteiger partial charge < -0.3 is 15.5 Å². The van der Waals surface area contributed by atoms with Crippen LogP contribution in [0, 0.1) is 17.3 Å². The van der Waals surface area contributed by atoms with Gasteiger partial charge in [0.2, 0.25) is 5.91 Å². The van der Waals surface area contributed by atoms with E-state index in [1.54, 1.807) is 0 Å². The number of nitrogens with one attached hydrogen (secondary N) is 2. The Balaban J connectivity index is 1.15. The first-order valence-electron chi connectivity index (χ1n) is 11.4. The molecule has 0 bridgehead atoms. The summed E-state index contributed by atoms with van der Waals surface area (Å²) in [5, 5.41) is 6.68. The number of hydrogen-bond donors (Lipinski definition) is 2. The zero-order valence-corrected chi connectivity index (χ0v) is 19.6. The molecule has 32 heavy (non-hydrogen) atoms. The molecule has 2 saturated carbocycles. The number of amides is 3. The number of benzene rings is 2. The maximum Gasteiger partial charge on any atom is 0.315 e. The molecule has 2 aromatic rings. The lowest BCUT2D eigenvalue weighted by atomic mass is 9.48. The number of halogens is 1. The number of hydrogen-bond acceptors (Lipinski definition) is 2. The molecule has 2 fully saturated rings. The van der Waals surface area contributed by atoms with E-state index in [0.29, 0.717) is 29.4 Å². The Labute approximate surface area is 195 Å². The van der Waals surface area contributed by atoms with Crippen LogP contribution in [0.3, 0.4) is 0 Å². The van der Waals surface area contributed by atoms with E-state index >= 15 is 0 Å². The fourth-order valence-corrected chi connectivity index (χ4v) is 5.46. The molecule has 2 aliphatic rings. The van der Waals surface area contributed by atoms with E-state index in [2.05, 4.69) is 29.7 Å². The molecule has 0 saturated heterocycles. The van der Waals surface area contributed by atoms with Gasteiger partial charge in [0, 0.05) is 37.1 Å². The van der Waals surface area contributed by atoms with Crippen LogP contribution in [0.1, 0.15) is 43.7 Å². The van der Waals surface area contributed by atoms with Crippen molar-refractivity contribution in [2.45, 2.75) is 51.7 Å². The average Bonchev–Trinajstić information content (AvgIpc) is 2.73. The van der Waals surface area contributed by atoms with E-state index < -0.39 is 0 Å². The molecule has 4 rings (SSSR count). The molecule has 5 nitrogen and oxygen atoms in total. The van der Waals surface area contributed by atoms with Crippen molar-refractivity contribution in [2.24, 2.45) is 17.3 Å². The van der Waals surface area contributed by atoms with E-state index in [9.17, 15) is 9.59 Å². The van der Waals surface area contributed by atoms with Crippen LogP contribution in [0.4, 0.5) is 4.79 Å². The van der Waals surface area contributed by atoms with E-state index in [1.165, 1.54) is 0 Å². The highest BCUT2D eigenvalue weighted by molar-refractivity contribution is 6.30. The molecule has 3 amide bonds. The van der Waals surface area contributed by atoms with Gasteiger partial charge in [-0.15, -0.1) is 0 Å². The van der Waals surface area contributed by atoms with Gasteiger partial charge in [0.05, 0.1) is 0 Å². The number of urea groups is 1. The Morgan fingerprint density at radius 1 is 1.03 bits per heavy atom. The highest BCUT2D eigenvalue weighted by Gasteiger charge is 2.55. The molecule has 2 aromatic carbocycles. The van der Waals surface area contributed by atoms with E-state index in [0.717, 1.165) is 36.8 Å². The molecule has 2 N–H and O–H groups in total. The summed E-state index contributed by atoms with van der Waals surface area (Å²) < 4.78 is 0. The zero-order chi connectivity index (χ0) is 22.7. The summed E-state index contributed by atoms with van der Waals surface area (Å²) in [5.41, 5.74) is 2.50. The first-order chi connectivity index (χ1) is 15.3. The van der Waals surface area contributed by atoms with Crippen LogP contribution in [0.25, 0.3) is 0 Å². The van der Waals surface area contributed by atoms with Gasteiger partial charge in [0.15, 0.2) is 0 Å². The van der Waals surface area contributed by atoms with Crippen molar-refractivity contribution in [3.05, 3.63) is 70.7 Å². The highest BCUT2D eigenvalue weighted by Crippen LogP contribution is 2.60. The maximum atomic E-state index is 12.9. The van der Waals surface area contributed by atoms with Gasteiger partial charge in [-0.25, -0.2) is 4.79 Å². The van der Waals surface area contributed by atoms with Crippen molar-refractivity contribution < 1.29 is 9.59 Å². The third kappa shape index (κ3) is 5.26. The second-order valence-electron chi connectivity index (χ2n) is 9.70. The van der Waals surface area contributed by atoms with Crippen LogP contribution >= 0.6 is 11.6 Å². The van der Waals surface area contributed by atoms with E-state index in [-0.39, 0.29) is 23.9 Å². The van der Waals surface area contributed by atoms with Gasteiger partial charge in [0.25, 0.3) is 0 Å². The topological polar surface area (TPSA) is 61.4 Å². The third-order valence-corrected chi connectivity index (χ3v) is 7.44. The normalized spacial score (nSPS) is 24.7. The standard InChI is InChI=1S/C26H32ClN3O2/c1-18(24(31)30(2)17-20-6-4-3-5-7-20)21-12-26(13-21)14-23(15-26)29-25(32)28-16-19-8-10-22(27)11-9-19/h3-11,18,21,23H,12-17H2,1-2H3,(H2,28,29,32). The molecule has 6 heteroatoms. The molecule has 2 aliphatic carbocycles. The second-order valence-corrected chi connectivity index (χ2v) is 10.1. The summed E-state index contributed by atoms with van der Waals surface area (Å²) in [6, 6.07) is 17.7. The largest absolute Gasteiger partial charge is 0.341 e. The Bertz CT molecular complexity index is 933. The summed E-state index contributed by atoms with van der Waals surface area (Å²) in [5.74, 6) is 0.716. The Morgan fingerprint density at radius 2 is 1.69 bits per heavy atom. The van der Waals surface area contributed by atoms with Crippen LogP contribution in [-0.4, -0.2) is 29.9 Å². The van der Waals surface area contributed by atoms with Gasteiger partial charge in [-0.05, 0) is 60.3 Å². The molecule has 0 aromatic heterocycles. The summed E-state index contributed by atoms with van der Waals surface area (Å²) in [7, 11) is 1.90. The van der Waals surface area contributed by atoms with Crippen molar-refractivity contribution in [3.63, 3.8) is 0 Å². The summed E-state index contributed by atoms with van der Waals surface area (Å²) in [6.45, 7) is 3.21. The monoisotopic (exact) mass is 453 g/mol. The third-order valence-electron chi connectivity index (χ3n) is 7.19. The van der Waals surface area contributed by atoms with Crippen LogP contribution in [0.2, 0.25) is 5.02 Å². The second kappa shape index (κ2) is 9.53.